The lowest BCUT2D eigenvalue weighted by atomic mass is 10.1. The van der Waals surface area contributed by atoms with Gasteiger partial charge in [-0.25, -0.2) is 4.79 Å². The first-order valence-electron chi connectivity index (χ1n) is 5.74. The Kier molecular flexibility index (Phi) is 4.20. The van der Waals surface area contributed by atoms with Crippen molar-refractivity contribution in [2.45, 2.75) is 18.9 Å². The van der Waals surface area contributed by atoms with E-state index >= 15 is 0 Å². The maximum Gasteiger partial charge on any atom is 0.330 e. The Morgan fingerprint density at radius 1 is 1.22 bits per heavy atom. The average Bonchev–Trinajstić information content (AvgIpc) is 2.38. The second kappa shape index (κ2) is 5.87. The highest BCUT2D eigenvalue weighted by Gasteiger charge is 2.20. The van der Waals surface area contributed by atoms with Crippen LogP contribution in [0.5, 0.6) is 0 Å². The van der Waals surface area contributed by atoms with Crippen LogP contribution in [0.3, 0.4) is 0 Å². The molecule has 1 aliphatic carbocycles. The molecule has 0 heterocycles. The van der Waals surface area contributed by atoms with Crippen molar-refractivity contribution in [1.82, 2.24) is 5.32 Å². The molecule has 0 bridgehead atoms. The SMILES string of the molecule is O=C(O)C(NC1=CCC(Br)=CC1)c1ccccc1. The summed E-state index contributed by atoms with van der Waals surface area (Å²) in [4.78, 5) is 11.3. The van der Waals surface area contributed by atoms with E-state index in [0.717, 1.165) is 28.6 Å². The van der Waals surface area contributed by atoms with Crippen LogP contribution in [0.1, 0.15) is 24.4 Å². The normalized spacial score (nSPS) is 16.5. The average molecular weight is 308 g/mol. The third kappa shape index (κ3) is 3.23. The van der Waals surface area contributed by atoms with Crippen molar-refractivity contribution in [3.63, 3.8) is 0 Å². The van der Waals surface area contributed by atoms with E-state index in [9.17, 15) is 9.90 Å². The molecule has 1 aromatic carbocycles. The molecule has 2 N–H and O–H groups in total. The van der Waals surface area contributed by atoms with Gasteiger partial charge in [0, 0.05) is 12.1 Å². The summed E-state index contributed by atoms with van der Waals surface area (Å²) in [5.74, 6) is -0.865. The van der Waals surface area contributed by atoms with Crippen LogP contribution < -0.4 is 5.32 Å². The summed E-state index contributed by atoms with van der Waals surface area (Å²) in [5, 5.41) is 12.4. The molecular formula is C14H14BrNO2. The van der Waals surface area contributed by atoms with E-state index in [1.165, 1.54) is 0 Å². The van der Waals surface area contributed by atoms with Gasteiger partial charge < -0.3 is 10.4 Å². The van der Waals surface area contributed by atoms with Gasteiger partial charge in [0.15, 0.2) is 0 Å². The fourth-order valence-electron chi connectivity index (χ4n) is 1.84. The van der Waals surface area contributed by atoms with Crippen molar-refractivity contribution in [3.8, 4) is 0 Å². The smallest absolute Gasteiger partial charge is 0.330 e. The van der Waals surface area contributed by atoms with Gasteiger partial charge in [0.25, 0.3) is 0 Å². The van der Waals surface area contributed by atoms with Gasteiger partial charge in [-0.1, -0.05) is 58.4 Å². The standard InChI is InChI=1S/C14H14BrNO2/c15-11-6-8-12(9-7-11)16-13(14(17)18)10-4-2-1-3-5-10/h1-6,9,13,16H,7-8H2,(H,17,18). The fourth-order valence-corrected chi connectivity index (χ4v) is 2.17. The molecule has 0 aliphatic heterocycles. The minimum Gasteiger partial charge on any atom is -0.479 e. The van der Waals surface area contributed by atoms with Gasteiger partial charge in [0.2, 0.25) is 0 Å². The van der Waals surface area contributed by atoms with E-state index < -0.39 is 12.0 Å². The zero-order valence-corrected chi connectivity index (χ0v) is 11.4. The van der Waals surface area contributed by atoms with Crippen molar-refractivity contribution in [2.24, 2.45) is 0 Å². The van der Waals surface area contributed by atoms with E-state index in [2.05, 4.69) is 21.2 Å². The quantitative estimate of drug-likeness (QED) is 0.897. The molecule has 0 fully saturated rings. The van der Waals surface area contributed by atoms with E-state index in [4.69, 9.17) is 0 Å². The van der Waals surface area contributed by atoms with Crippen LogP contribution in [0, 0.1) is 0 Å². The Hall–Kier alpha value is -1.55. The van der Waals surface area contributed by atoms with Gasteiger partial charge in [-0.05, 0) is 16.5 Å². The highest BCUT2D eigenvalue weighted by Crippen LogP contribution is 2.23. The maximum atomic E-state index is 11.3. The molecule has 0 saturated heterocycles. The molecule has 1 atom stereocenters. The highest BCUT2D eigenvalue weighted by atomic mass is 79.9. The Bertz CT molecular complexity index is 494. The number of nitrogens with one attached hydrogen (secondary N) is 1. The summed E-state index contributed by atoms with van der Waals surface area (Å²) in [7, 11) is 0. The third-order valence-corrected chi connectivity index (χ3v) is 3.44. The Balaban J connectivity index is 2.11. The van der Waals surface area contributed by atoms with E-state index in [0.29, 0.717) is 0 Å². The number of carboxylic acids is 1. The largest absolute Gasteiger partial charge is 0.479 e. The van der Waals surface area contributed by atoms with Crippen LogP contribution in [-0.4, -0.2) is 11.1 Å². The molecule has 1 unspecified atom stereocenters. The lowest BCUT2D eigenvalue weighted by molar-refractivity contribution is -0.139. The number of hydrogen-bond acceptors (Lipinski definition) is 2. The van der Waals surface area contributed by atoms with Gasteiger partial charge >= 0.3 is 5.97 Å². The molecule has 1 aliphatic rings. The molecule has 18 heavy (non-hydrogen) atoms. The predicted octanol–water partition coefficient (Wildman–Crippen LogP) is 3.36. The number of halogens is 1. The van der Waals surface area contributed by atoms with Crippen LogP contribution in [0.2, 0.25) is 0 Å². The number of aliphatic carboxylic acids is 1. The molecule has 0 spiro atoms. The molecule has 94 valence electrons. The first-order valence-corrected chi connectivity index (χ1v) is 6.54. The Morgan fingerprint density at radius 2 is 1.94 bits per heavy atom. The summed E-state index contributed by atoms with van der Waals surface area (Å²) < 4.78 is 1.14. The van der Waals surface area contributed by atoms with Gasteiger partial charge in [0.1, 0.15) is 6.04 Å². The number of benzene rings is 1. The van der Waals surface area contributed by atoms with Gasteiger partial charge in [-0.15, -0.1) is 0 Å². The lowest BCUT2D eigenvalue weighted by Gasteiger charge is -2.20. The molecule has 2 rings (SSSR count). The topological polar surface area (TPSA) is 49.3 Å². The number of hydrogen-bond donors (Lipinski definition) is 2. The molecular weight excluding hydrogens is 294 g/mol. The van der Waals surface area contributed by atoms with Crippen molar-refractivity contribution in [1.29, 1.82) is 0 Å². The second-order valence-corrected chi connectivity index (χ2v) is 5.13. The summed E-state index contributed by atoms with van der Waals surface area (Å²) >= 11 is 3.43. The highest BCUT2D eigenvalue weighted by molar-refractivity contribution is 9.11. The first kappa shape index (κ1) is 12.9. The van der Waals surface area contributed by atoms with Crippen LogP contribution in [0.15, 0.2) is 52.7 Å². The van der Waals surface area contributed by atoms with E-state index in [1.54, 1.807) is 0 Å². The Labute approximate surface area is 114 Å². The lowest BCUT2D eigenvalue weighted by Crippen LogP contribution is -2.28. The minimum absolute atomic E-state index is 0.692. The molecule has 1 aromatic rings. The van der Waals surface area contributed by atoms with Crippen LogP contribution >= 0.6 is 15.9 Å². The van der Waals surface area contributed by atoms with E-state index in [1.807, 2.05) is 42.5 Å². The molecule has 0 saturated carbocycles. The minimum atomic E-state index is -0.865. The van der Waals surface area contributed by atoms with E-state index in [-0.39, 0.29) is 0 Å². The van der Waals surface area contributed by atoms with Gasteiger partial charge in [-0.2, -0.15) is 0 Å². The summed E-state index contributed by atoms with van der Waals surface area (Å²) in [6.07, 6.45) is 5.61. The van der Waals surface area contributed by atoms with Crippen LogP contribution in [0.25, 0.3) is 0 Å². The van der Waals surface area contributed by atoms with Crippen LogP contribution in [-0.2, 0) is 4.79 Å². The molecule has 0 amide bonds. The third-order valence-electron chi connectivity index (χ3n) is 2.80. The number of carboxylic acid groups (broad SMARTS) is 1. The molecule has 0 aromatic heterocycles. The zero-order valence-electron chi connectivity index (χ0n) is 9.77. The maximum absolute atomic E-state index is 11.3. The fraction of sp³-hybridized carbons (Fsp3) is 0.214. The number of allylic oxidation sites excluding steroid dienone is 3. The van der Waals surface area contributed by atoms with Crippen molar-refractivity contribution in [2.75, 3.05) is 0 Å². The summed E-state index contributed by atoms with van der Waals surface area (Å²) in [6.45, 7) is 0. The molecule has 4 heteroatoms. The van der Waals surface area contributed by atoms with Crippen LogP contribution in [0.4, 0.5) is 0 Å². The Morgan fingerprint density at radius 3 is 2.50 bits per heavy atom. The van der Waals surface area contributed by atoms with Crippen molar-refractivity contribution >= 4 is 21.9 Å². The first-order chi connectivity index (χ1) is 8.66. The summed E-state index contributed by atoms with van der Waals surface area (Å²) in [6, 6.07) is 8.52. The molecule has 0 radical (unpaired) electrons. The monoisotopic (exact) mass is 307 g/mol. The van der Waals surface area contributed by atoms with Crippen molar-refractivity contribution in [3.05, 3.63) is 58.2 Å². The summed E-state index contributed by atoms with van der Waals surface area (Å²) in [5.41, 5.74) is 1.72. The predicted molar refractivity (Wildman–Crippen MR) is 74.3 cm³/mol. The number of carbonyl (C=O) groups is 1. The molecule has 3 nitrogen and oxygen atoms in total. The number of rotatable bonds is 4. The zero-order chi connectivity index (χ0) is 13.0. The van der Waals surface area contributed by atoms with Gasteiger partial charge in [0.05, 0.1) is 0 Å². The van der Waals surface area contributed by atoms with Gasteiger partial charge in [-0.3, -0.25) is 0 Å². The second-order valence-electron chi connectivity index (χ2n) is 4.11. The van der Waals surface area contributed by atoms with Crippen molar-refractivity contribution < 1.29 is 9.90 Å².